The first-order valence-electron chi connectivity index (χ1n) is 1.85. The molecule has 1 aliphatic rings. The van der Waals surface area contributed by atoms with E-state index in [2.05, 4.69) is 10.1 Å². The fourth-order valence-corrected chi connectivity index (χ4v) is 0.296. The van der Waals surface area contributed by atoms with Crippen molar-refractivity contribution in [1.82, 2.24) is 0 Å². The van der Waals surface area contributed by atoms with Gasteiger partial charge in [0.05, 0.1) is 11.9 Å². The average Bonchev–Trinajstić information content (AvgIpc) is 1.55. The Bertz CT molecular complexity index is 146. The highest BCUT2D eigenvalue weighted by atomic mass is 16.4. The molecule has 0 spiro atoms. The van der Waals surface area contributed by atoms with Gasteiger partial charge in [0.15, 0.2) is 0 Å². The van der Waals surface area contributed by atoms with Crippen molar-refractivity contribution in [2.45, 2.75) is 0 Å². The summed E-state index contributed by atoms with van der Waals surface area (Å²) in [7, 11) is 0. The monoisotopic (exact) mass is 96.0 g/mol. The van der Waals surface area contributed by atoms with Crippen LogP contribution in [0.1, 0.15) is 0 Å². The summed E-state index contributed by atoms with van der Waals surface area (Å²) < 4.78 is 0. The van der Waals surface area contributed by atoms with Gasteiger partial charge < -0.3 is 5.21 Å². The molecule has 0 saturated carbocycles. The predicted molar refractivity (Wildman–Crippen MR) is 26.9 cm³/mol. The van der Waals surface area contributed by atoms with Crippen LogP contribution in [-0.4, -0.2) is 17.1 Å². The SMILES string of the molecule is ON=CC1=NC=C1. The van der Waals surface area contributed by atoms with Gasteiger partial charge in [0, 0.05) is 6.20 Å². The van der Waals surface area contributed by atoms with Crippen LogP contribution in [0.15, 0.2) is 22.4 Å². The lowest BCUT2D eigenvalue weighted by Crippen LogP contribution is -1.99. The first-order chi connectivity index (χ1) is 3.43. The molecule has 0 aromatic rings. The van der Waals surface area contributed by atoms with Crippen LogP contribution < -0.4 is 0 Å². The standard InChI is InChI=1S/C4H4N2O/c7-6-3-4-1-2-5-4/h1-3,7H. The first-order valence-corrected chi connectivity index (χ1v) is 1.85. The quantitative estimate of drug-likeness (QED) is 0.287. The van der Waals surface area contributed by atoms with Crippen molar-refractivity contribution in [1.29, 1.82) is 0 Å². The van der Waals surface area contributed by atoms with Gasteiger partial charge >= 0.3 is 0 Å². The molecule has 0 atom stereocenters. The summed E-state index contributed by atoms with van der Waals surface area (Å²) in [5, 5.41) is 10.6. The maximum Gasteiger partial charge on any atom is 0.0918 e. The summed E-state index contributed by atoms with van der Waals surface area (Å²) in [5.41, 5.74) is 0.711. The van der Waals surface area contributed by atoms with Crippen LogP contribution in [0.2, 0.25) is 0 Å². The Morgan fingerprint density at radius 1 is 1.86 bits per heavy atom. The Hall–Kier alpha value is -1.12. The maximum atomic E-state index is 7.86. The number of rotatable bonds is 1. The van der Waals surface area contributed by atoms with Crippen molar-refractivity contribution in [3.8, 4) is 0 Å². The molecule has 36 valence electrons. The lowest BCUT2D eigenvalue weighted by Gasteiger charge is -1.93. The summed E-state index contributed by atoms with van der Waals surface area (Å²) in [4.78, 5) is 3.69. The third-order valence-electron chi connectivity index (χ3n) is 0.659. The Kier molecular flexibility index (Phi) is 0.898. The van der Waals surface area contributed by atoms with Crippen molar-refractivity contribution in [3.05, 3.63) is 12.3 Å². The van der Waals surface area contributed by atoms with Gasteiger partial charge in [0.1, 0.15) is 0 Å². The van der Waals surface area contributed by atoms with Crippen molar-refractivity contribution in [2.75, 3.05) is 0 Å². The Morgan fingerprint density at radius 2 is 2.57 bits per heavy atom. The predicted octanol–water partition coefficient (Wildman–Crippen LogP) is 0.415. The summed E-state index contributed by atoms with van der Waals surface area (Å²) in [6, 6.07) is 0. The van der Waals surface area contributed by atoms with Gasteiger partial charge in [0.2, 0.25) is 0 Å². The summed E-state index contributed by atoms with van der Waals surface area (Å²) in [6.45, 7) is 0. The molecule has 0 amide bonds. The lowest BCUT2D eigenvalue weighted by atomic mass is 10.3. The van der Waals surface area contributed by atoms with E-state index in [9.17, 15) is 0 Å². The number of hydrogen-bond donors (Lipinski definition) is 1. The van der Waals surface area contributed by atoms with Gasteiger partial charge in [-0.2, -0.15) is 0 Å². The molecule has 0 aromatic heterocycles. The van der Waals surface area contributed by atoms with Crippen molar-refractivity contribution >= 4 is 11.9 Å². The Labute approximate surface area is 40.7 Å². The van der Waals surface area contributed by atoms with Gasteiger partial charge in [-0.05, 0) is 6.08 Å². The molecule has 0 unspecified atom stereocenters. The summed E-state index contributed by atoms with van der Waals surface area (Å²) >= 11 is 0. The van der Waals surface area contributed by atoms with E-state index in [0.717, 1.165) is 0 Å². The third kappa shape index (κ3) is 0.652. The highest BCUT2D eigenvalue weighted by molar-refractivity contribution is 6.37. The van der Waals surface area contributed by atoms with E-state index in [4.69, 9.17) is 5.21 Å². The zero-order chi connectivity index (χ0) is 5.11. The van der Waals surface area contributed by atoms with E-state index in [1.54, 1.807) is 12.3 Å². The minimum absolute atomic E-state index is 0.711. The van der Waals surface area contributed by atoms with Gasteiger partial charge in [-0.25, -0.2) is 0 Å². The molecule has 0 radical (unpaired) electrons. The van der Waals surface area contributed by atoms with Crippen LogP contribution in [0, 0.1) is 0 Å². The number of nitrogens with zero attached hydrogens (tertiary/aromatic N) is 2. The summed E-state index contributed by atoms with van der Waals surface area (Å²) in [6.07, 6.45) is 4.66. The largest absolute Gasteiger partial charge is 0.411 e. The second-order valence-electron chi connectivity index (χ2n) is 1.11. The number of allylic oxidation sites excluding steroid dienone is 1. The van der Waals surface area contributed by atoms with E-state index >= 15 is 0 Å². The topological polar surface area (TPSA) is 45.0 Å². The van der Waals surface area contributed by atoms with Crippen molar-refractivity contribution < 1.29 is 5.21 Å². The van der Waals surface area contributed by atoms with E-state index in [1.807, 2.05) is 0 Å². The van der Waals surface area contributed by atoms with Crippen LogP contribution in [-0.2, 0) is 0 Å². The van der Waals surface area contributed by atoms with Gasteiger partial charge in [-0.15, -0.1) is 0 Å². The molecule has 1 rings (SSSR count). The van der Waals surface area contributed by atoms with Gasteiger partial charge in [0.25, 0.3) is 0 Å². The van der Waals surface area contributed by atoms with E-state index in [1.165, 1.54) is 6.21 Å². The molecule has 0 saturated heterocycles. The highest BCUT2D eigenvalue weighted by Gasteiger charge is 1.92. The Morgan fingerprint density at radius 3 is 2.71 bits per heavy atom. The molecule has 3 nitrogen and oxygen atoms in total. The summed E-state index contributed by atoms with van der Waals surface area (Å²) in [5.74, 6) is 0. The minimum atomic E-state index is 0.711. The van der Waals surface area contributed by atoms with Gasteiger partial charge in [-0.3, -0.25) is 4.99 Å². The van der Waals surface area contributed by atoms with Crippen LogP contribution in [0.5, 0.6) is 0 Å². The normalized spacial score (nSPS) is 16.9. The second-order valence-corrected chi connectivity index (χ2v) is 1.11. The van der Waals surface area contributed by atoms with Crippen molar-refractivity contribution in [2.24, 2.45) is 10.1 Å². The Balaban J connectivity index is 2.44. The minimum Gasteiger partial charge on any atom is -0.411 e. The smallest absolute Gasteiger partial charge is 0.0918 e. The lowest BCUT2D eigenvalue weighted by molar-refractivity contribution is 0.322. The molecular formula is C4H4N2O. The fourth-order valence-electron chi connectivity index (χ4n) is 0.296. The number of oxime groups is 1. The van der Waals surface area contributed by atoms with Crippen LogP contribution >= 0.6 is 0 Å². The molecule has 3 heteroatoms. The first kappa shape index (κ1) is 4.05. The molecular weight excluding hydrogens is 92.1 g/mol. The van der Waals surface area contributed by atoms with Crippen LogP contribution in [0.3, 0.4) is 0 Å². The highest BCUT2D eigenvalue weighted by Crippen LogP contribution is 1.91. The molecule has 7 heavy (non-hydrogen) atoms. The second kappa shape index (κ2) is 1.55. The third-order valence-corrected chi connectivity index (χ3v) is 0.659. The molecule has 0 bridgehead atoms. The molecule has 0 fully saturated rings. The average molecular weight is 96.1 g/mol. The number of hydrogen-bond acceptors (Lipinski definition) is 3. The van der Waals surface area contributed by atoms with Crippen LogP contribution in [0.25, 0.3) is 0 Å². The fraction of sp³-hybridized carbons (Fsp3) is 0. The van der Waals surface area contributed by atoms with Crippen molar-refractivity contribution in [3.63, 3.8) is 0 Å². The van der Waals surface area contributed by atoms with E-state index < -0.39 is 0 Å². The zero-order valence-electron chi connectivity index (χ0n) is 3.57. The van der Waals surface area contributed by atoms with E-state index in [0.29, 0.717) is 5.71 Å². The number of aliphatic imine (C=N–C) groups is 1. The molecule has 1 heterocycles. The van der Waals surface area contributed by atoms with Crippen LogP contribution in [0.4, 0.5) is 0 Å². The molecule has 0 aliphatic carbocycles. The molecule has 1 N–H and O–H groups in total. The maximum absolute atomic E-state index is 7.86. The zero-order valence-corrected chi connectivity index (χ0v) is 3.57. The van der Waals surface area contributed by atoms with E-state index in [-0.39, 0.29) is 0 Å². The molecule has 0 aromatic carbocycles. The molecule has 1 aliphatic heterocycles. The van der Waals surface area contributed by atoms with Gasteiger partial charge in [-0.1, -0.05) is 5.16 Å².